The first-order chi connectivity index (χ1) is 16.3. The van der Waals surface area contributed by atoms with Crippen molar-refractivity contribution in [3.63, 3.8) is 0 Å². The van der Waals surface area contributed by atoms with Crippen molar-refractivity contribution in [1.29, 1.82) is 0 Å². The smallest absolute Gasteiger partial charge is 0.251 e. The summed E-state index contributed by atoms with van der Waals surface area (Å²) in [5, 5.41) is 3.03. The molecule has 3 fully saturated rings. The van der Waals surface area contributed by atoms with E-state index in [0.29, 0.717) is 18.5 Å². The van der Waals surface area contributed by atoms with Crippen molar-refractivity contribution in [2.45, 2.75) is 43.7 Å². The number of piperazine rings is 1. The van der Waals surface area contributed by atoms with E-state index in [-0.39, 0.29) is 41.5 Å². The molecule has 3 heterocycles. The van der Waals surface area contributed by atoms with Gasteiger partial charge in [0.05, 0.1) is 11.4 Å². The number of likely N-dealkylation sites (N-methyl/N-ethyl adjacent to an activating group) is 1. The van der Waals surface area contributed by atoms with Crippen LogP contribution < -0.4 is 10.2 Å². The number of amides is 2. The van der Waals surface area contributed by atoms with Gasteiger partial charge in [-0.1, -0.05) is 13.8 Å². The number of thioether (sulfide) groups is 1. The Morgan fingerprint density at radius 3 is 2.44 bits per heavy atom. The van der Waals surface area contributed by atoms with E-state index < -0.39 is 12.1 Å². The van der Waals surface area contributed by atoms with Gasteiger partial charge in [0.15, 0.2) is 5.78 Å². The SMILES string of the molecule is CS[C@H]1CN(C(=O)C(CC(C)C)NC(=O)c2ccc(N3CCN(C)CC3)cc2)[C@@H]2C(=O)CO[C@H]12. The molecule has 1 aromatic carbocycles. The number of ketones is 1. The predicted molar refractivity (Wildman–Crippen MR) is 134 cm³/mol. The first-order valence-electron chi connectivity index (χ1n) is 12.1. The third-order valence-corrected chi connectivity index (χ3v) is 8.06. The van der Waals surface area contributed by atoms with Gasteiger partial charge in [-0.3, -0.25) is 14.4 Å². The van der Waals surface area contributed by atoms with Crippen LogP contribution in [0, 0.1) is 5.92 Å². The predicted octanol–water partition coefficient (Wildman–Crippen LogP) is 1.49. The number of hydrogen-bond donors (Lipinski definition) is 1. The van der Waals surface area contributed by atoms with E-state index in [0.717, 1.165) is 31.9 Å². The molecule has 4 atom stereocenters. The van der Waals surface area contributed by atoms with E-state index in [4.69, 9.17) is 4.74 Å². The standard InChI is InChI=1S/C25H36N4O4S/c1-16(2)13-19(25(32)29-14-21(34-4)23-22(29)20(30)15-33-23)26-24(31)17-5-7-18(8-6-17)28-11-9-27(3)10-12-28/h5-8,16,19,21-23H,9-15H2,1-4H3,(H,26,31)/t19?,21-,22+,23+/m0/s1. The maximum atomic E-state index is 13.6. The average molecular weight is 489 g/mol. The van der Waals surface area contributed by atoms with E-state index in [2.05, 4.69) is 22.2 Å². The number of carbonyl (C=O) groups is 3. The Balaban J connectivity index is 1.45. The van der Waals surface area contributed by atoms with Crippen LogP contribution in [0.4, 0.5) is 5.69 Å². The first kappa shape index (κ1) is 25.0. The Morgan fingerprint density at radius 1 is 1.15 bits per heavy atom. The lowest BCUT2D eigenvalue weighted by Crippen LogP contribution is -2.52. The molecule has 2 amide bonds. The highest BCUT2D eigenvalue weighted by molar-refractivity contribution is 7.99. The van der Waals surface area contributed by atoms with Gasteiger partial charge >= 0.3 is 0 Å². The molecule has 9 heteroatoms. The van der Waals surface area contributed by atoms with Crippen LogP contribution in [-0.4, -0.2) is 103 Å². The Bertz CT molecular complexity index is 901. The lowest BCUT2D eigenvalue weighted by Gasteiger charge is -2.34. The molecular formula is C25H36N4O4S. The summed E-state index contributed by atoms with van der Waals surface area (Å²) in [4.78, 5) is 45.4. The summed E-state index contributed by atoms with van der Waals surface area (Å²) in [6, 6.07) is 6.37. The van der Waals surface area contributed by atoms with Gasteiger partial charge < -0.3 is 24.8 Å². The fourth-order valence-electron chi connectivity index (χ4n) is 5.07. The molecule has 1 unspecified atom stereocenters. The number of fused-ring (bicyclic) bond motifs is 1. The van der Waals surface area contributed by atoms with Crippen molar-refractivity contribution in [2.24, 2.45) is 5.92 Å². The maximum absolute atomic E-state index is 13.6. The van der Waals surface area contributed by atoms with Gasteiger partial charge in [0.2, 0.25) is 5.91 Å². The number of likely N-dealkylation sites (tertiary alicyclic amines) is 1. The van der Waals surface area contributed by atoms with Gasteiger partial charge in [-0.05, 0) is 49.9 Å². The van der Waals surface area contributed by atoms with E-state index in [1.165, 1.54) is 0 Å². The topological polar surface area (TPSA) is 82.2 Å². The number of anilines is 1. The fourth-order valence-corrected chi connectivity index (χ4v) is 5.88. The molecule has 0 radical (unpaired) electrons. The largest absolute Gasteiger partial charge is 0.369 e. The van der Waals surface area contributed by atoms with Crippen LogP contribution in [-0.2, 0) is 14.3 Å². The molecule has 186 valence electrons. The molecule has 8 nitrogen and oxygen atoms in total. The zero-order valence-corrected chi connectivity index (χ0v) is 21.3. The summed E-state index contributed by atoms with van der Waals surface area (Å²) in [5.41, 5.74) is 1.63. The van der Waals surface area contributed by atoms with Crippen LogP contribution in [0.3, 0.4) is 0 Å². The van der Waals surface area contributed by atoms with Crippen molar-refractivity contribution < 1.29 is 19.1 Å². The monoisotopic (exact) mass is 488 g/mol. The fraction of sp³-hybridized carbons (Fsp3) is 0.640. The van der Waals surface area contributed by atoms with Crippen molar-refractivity contribution in [1.82, 2.24) is 15.1 Å². The molecule has 0 aromatic heterocycles. The molecule has 3 aliphatic rings. The van der Waals surface area contributed by atoms with Gasteiger partial charge in [0.25, 0.3) is 5.91 Å². The number of nitrogens with one attached hydrogen (secondary N) is 1. The number of benzene rings is 1. The number of ether oxygens (including phenoxy) is 1. The van der Waals surface area contributed by atoms with E-state index in [1.54, 1.807) is 16.7 Å². The minimum atomic E-state index is -0.681. The first-order valence-corrected chi connectivity index (χ1v) is 13.4. The number of rotatable bonds is 7. The van der Waals surface area contributed by atoms with Gasteiger partial charge in [0.1, 0.15) is 18.7 Å². The summed E-state index contributed by atoms with van der Waals surface area (Å²) in [7, 11) is 2.12. The van der Waals surface area contributed by atoms with Crippen LogP contribution in [0.1, 0.15) is 30.6 Å². The van der Waals surface area contributed by atoms with Crippen LogP contribution in [0.15, 0.2) is 24.3 Å². The summed E-state index contributed by atoms with van der Waals surface area (Å²) in [6.07, 6.45) is 2.22. The molecule has 3 saturated heterocycles. The second-order valence-corrected chi connectivity index (χ2v) is 11.0. The Hall–Kier alpha value is -2.10. The van der Waals surface area contributed by atoms with Crippen molar-refractivity contribution in [3.05, 3.63) is 29.8 Å². The number of Topliss-reactive ketones (excluding diaryl/α,β-unsaturated/α-hetero) is 1. The molecule has 4 rings (SSSR count). The van der Waals surface area contributed by atoms with Gasteiger partial charge in [-0.2, -0.15) is 11.8 Å². The molecule has 0 bridgehead atoms. The lowest BCUT2D eigenvalue weighted by molar-refractivity contribution is -0.138. The summed E-state index contributed by atoms with van der Waals surface area (Å²) < 4.78 is 5.69. The zero-order valence-electron chi connectivity index (χ0n) is 20.5. The quantitative estimate of drug-likeness (QED) is 0.623. The van der Waals surface area contributed by atoms with Crippen LogP contribution in [0.25, 0.3) is 0 Å². The van der Waals surface area contributed by atoms with E-state index in [1.807, 2.05) is 44.4 Å². The maximum Gasteiger partial charge on any atom is 0.251 e. The highest BCUT2D eigenvalue weighted by Gasteiger charge is 2.52. The summed E-state index contributed by atoms with van der Waals surface area (Å²) >= 11 is 1.62. The number of hydrogen-bond acceptors (Lipinski definition) is 7. The van der Waals surface area contributed by atoms with Gasteiger partial charge in [-0.15, -0.1) is 0 Å². The van der Waals surface area contributed by atoms with Crippen LogP contribution in [0.5, 0.6) is 0 Å². The van der Waals surface area contributed by atoms with E-state index in [9.17, 15) is 14.4 Å². The minimum absolute atomic E-state index is 0.0518. The Morgan fingerprint density at radius 2 is 1.82 bits per heavy atom. The minimum Gasteiger partial charge on any atom is -0.369 e. The van der Waals surface area contributed by atoms with Crippen molar-refractivity contribution in [2.75, 3.05) is 57.5 Å². The average Bonchev–Trinajstić information content (AvgIpc) is 3.39. The highest BCUT2D eigenvalue weighted by Crippen LogP contribution is 2.34. The summed E-state index contributed by atoms with van der Waals surface area (Å²) in [6.45, 7) is 8.53. The third kappa shape index (κ3) is 5.26. The zero-order chi connectivity index (χ0) is 24.4. The molecule has 0 aliphatic carbocycles. The van der Waals surface area contributed by atoms with Gasteiger partial charge in [-0.25, -0.2) is 0 Å². The molecule has 3 aliphatic heterocycles. The van der Waals surface area contributed by atoms with E-state index >= 15 is 0 Å². The Labute approximate surface area is 206 Å². The molecular weight excluding hydrogens is 452 g/mol. The van der Waals surface area contributed by atoms with Crippen molar-refractivity contribution in [3.8, 4) is 0 Å². The number of carbonyl (C=O) groups excluding carboxylic acids is 3. The molecule has 1 N–H and O–H groups in total. The Kier molecular flexibility index (Phi) is 7.84. The number of nitrogens with zero attached hydrogens (tertiary/aromatic N) is 3. The van der Waals surface area contributed by atoms with Gasteiger partial charge in [0, 0.05) is 44.0 Å². The molecule has 0 saturated carbocycles. The highest BCUT2D eigenvalue weighted by atomic mass is 32.2. The van der Waals surface area contributed by atoms with Crippen LogP contribution >= 0.6 is 11.8 Å². The second kappa shape index (κ2) is 10.7. The molecule has 0 spiro atoms. The lowest BCUT2D eigenvalue weighted by atomic mass is 10.0. The normalized spacial score (nSPS) is 26.1. The summed E-state index contributed by atoms with van der Waals surface area (Å²) in [5.74, 6) is -0.306. The van der Waals surface area contributed by atoms with Crippen molar-refractivity contribution >= 4 is 35.0 Å². The third-order valence-electron chi connectivity index (χ3n) is 7.03. The second-order valence-electron chi connectivity index (χ2n) is 9.94. The molecule has 34 heavy (non-hydrogen) atoms. The molecule has 1 aromatic rings. The van der Waals surface area contributed by atoms with Crippen LogP contribution in [0.2, 0.25) is 0 Å².